The monoisotopic (exact) mass is 206 g/mol. The maximum Gasteiger partial charge on any atom is 0.0605 e. The summed E-state index contributed by atoms with van der Waals surface area (Å²) in [6.45, 7) is 6.52. The maximum atomic E-state index is 5.96. The van der Waals surface area contributed by atoms with E-state index in [1.165, 1.54) is 18.4 Å². The van der Waals surface area contributed by atoms with Gasteiger partial charge in [-0.2, -0.15) is 0 Å². The molecule has 1 aromatic carbocycles. The normalized spacial score (nSPS) is 12.5. The Bertz CT molecular complexity index is 287. The lowest BCUT2D eigenvalue weighted by atomic mass is 10.1. The third-order valence-electron chi connectivity index (χ3n) is 2.78. The number of hydrogen-bond acceptors (Lipinski definition) is 2. The number of rotatable bonds is 5. The molecule has 0 amide bonds. The first-order chi connectivity index (χ1) is 7.19. The van der Waals surface area contributed by atoms with Gasteiger partial charge in [0.15, 0.2) is 0 Å². The Balaban J connectivity index is 2.78. The molecular weight excluding hydrogens is 184 g/mol. The average Bonchev–Trinajstić information content (AvgIpc) is 2.22. The summed E-state index contributed by atoms with van der Waals surface area (Å²) in [6.07, 6.45) is 3.54. The minimum Gasteiger partial charge on any atom is -0.397 e. The fraction of sp³-hybridized carbons (Fsp3) is 0.538. The largest absolute Gasteiger partial charge is 0.397 e. The standard InChI is InChI=1S/C13H22N2/c1-4-7-11(5-2)15-13-10(3)8-6-9-12(13)14/h6,8-9,11,15H,4-5,7,14H2,1-3H3. The van der Waals surface area contributed by atoms with Gasteiger partial charge in [0.05, 0.1) is 11.4 Å². The van der Waals surface area contributed by atoms with Gasteiger partial charge in [-0.05, 0) is 31.4 Å². The topological polar surface area (TPSA) is 38.0 Å². The van der Waals surface area contributed by atoms with Crippen LogP contribution in [0.2, 0.25) is 0 Å². The highest BCUT2D eigenvalue weighted by Gasteiger charge is 2.08. The number of para-hydroxylation sites is 1. The Hall–Kier alpha value is -1.18. The summed E-state index contributed by atoms with van der Waals surface area (Å²) in [5.74, 6) is 0. The van der Waals surface area contributed by atoms with Crippen molar-refractivity contribution in [1.82, 2.24) is 0 Å². The fourth-order valence-corrected chi connectivity index (χ4v) is 1.82. The van der Waals surface area contributed by atoms with E-state index in [9.17, 15) is 0 Å². The summed E-state index contributed by atoms with van der Waals surface area (Å²) in [5.41, 5.74) is 9.14. The molecule has 0 heterocycles. The van der Waals surface area contributed by atoms with Crippen LogP contribution in [0, 0.1) is 6.92 Å². The first kappa shape index (κ1) is 11.9. The van der Waals surface area contributed by atoms with Crippen molar-refractivity contribution in [3.05, 3.63) is 23.8 Å². The van der Waals surface area contributed by atoms with Gasteiger partial charge in [-0.15, -0.1) is 0 Å². The van der Waals surface area contributed by atoms with Crippen molar-refractivity contribution in [3.63, 3.8) is 0 Å². The molecule has 1 aromatic rings. The molecule has 0 aliphatic rings. The molecule has 84 valence electrons. The predicted molar refractivity (Wildman–Crippen MR) is 68.2 cm³/mol. The summed E-state index contributed by atoms with van der Waals surface area (Å²) in [5, 5.41) is 3.54. The molecule has 0 spiro atoms. The number of anilines is 2. The molecular formula is C13H22N2. The quantitative estimate of drug-likeness (QED) is 0.723. The van der Waals surface area contributed by atoms with E-state index < -0.39 is 0 Å². The van der Waals surface area contributed by atoms with E-state index >= 15 is 0 Å². The van der Waals surface area contributed by atoms with E-state index in [1.54, 1.807) is 0 Å². The molecule has 0 radical (unpaired) electrons. The van der Waals surface area contributed by atoms with Crippen LogP contribution in [0.4, 0.5) is 11.4 Å². The average molecular weight is 206 g/mol. The second-order valence-electron chi connectivity index (χ2n) is 4.08. The van der Waals surface area contributed by atoms with Crippen molar-refractivity contribution >= 4 is 11.4 Å². The molecule has 0 aliphatic carbocycles. The molecule has 2 nitrogen and oxygen atoms in total. The van der Waals surface area contributed by atoms with Gasteiger partial charge < -0.3 is 11.1 Å². The molecule has 0 saturated carbocycles. The number of benzene rings is 1. The third-order valence-corrected chi connectivity index (χ3v) is 2.78. The van der Waals surface area contributed by atoms with E-state index in [2.05, 4.69) is 32.2 Å². The van der Waals surface area contributed by atoms with E-state index in [1.807, 2.05) is 12.1 Å². The molecule has 0 aromatic heterocycles. The summed E-state index contributed by atoms with van der Waals surface area (Å²) in [4.78, 5) is 0. The highest BCUT2D eigenvalue weighted by atomic mass is 14.9. The molecule has 0 fully saturated rings. The van der Waals surface area contributed by atoms with Crippen LogP contribution in [0.15, 0.2) is 18.2 Å². The van der Waals surface area contributed by atoms with Gasteiger partial charge in [-0.25, -0.2) is 0 Å². The van der Waals surface area contributed by atoms with Crippen LogP contribution in [0.25, 0.3) is 0 Å². The number of aryl methyl sites for hydroxylation is 1. The van der Waals surface area contributed by atoms with Crippen LogP contribution < -0.4 is 11.1 Å². The smallest absolute Gasteiger partial charge is 0.0605 e. The number of nitrogens with two attached hydrogens (primary N) is 1. The first-order valence-electron chi connectivity index (χ1n) is 5.80. The molecule has 2 heteroatoms. The number of hydrogen-bond donors (Lipinski definition) is 2. The lowest BCUT2D eigenvalue weighted by molar-refractivity contribution is 0.622. The van der Waals surface area contributed by atoms with Crippen LogP contribution >= 0.6 is 0 Å². The Kier molecular flexibility index (Phi) is 4.47. The summed E-state index contributed by atoms with van der Waals surface area (Å²) in [6, 6.07) is 6.58. The van der Waals surface area contributed by atoms with Gasteiger partial charge in [0.2, 0.25) is 0 Å². The van der Waals surface area contributed by atoms with Gasteiger partial charge >= 0.3 is 0 Å². The second kappa shape index (κ2) is 5.64. The molecule has 15 heavy (non-hydrogen) atoms. The van der Waals surface area contributed by atoms with Crippen LogP contribution in [0.5, 0.6) is 0 Å². The molecule has 3 N–H and O–H groups in total. The Morgan fingerprint density at radius 2 is 2.07 bits per heavy atom. The summed E-state index contributed by atoms with van der Waals surface area (Å²) >= 11 is 0. The van der Waals surface area contributed by atoms with E-state index in [0.29, 0.717) is 6.04 Å². The van der Waals surface area contributed by atoms with Crippen LogP contribution in [-0.2, 0) is 0 Å². The number of nitrogens with one attached hydrogen (secondary N) is 1. The second-order valence-corrected chi connectivity index (χ2v) is 4.08. The van der Waals surface area contributed by atoms with E-state index in [0.717, 1.165) is 17.8 Å². The van der Waals surface area contributed by atoms with Crippen LogP contribution in [0.3, 0.4) is 0 Å². The molecule has 0 bridgehead atoms. The molecule has 0 saturated heterocycles. The van der Waals surface area contributed by atoms with Gasteiger partial charge in [0.25, 0.3) is 0 Å². The minimum atomic E-state index is 0.540. The van der Waals surface area contributed by atoms with Crippen LogP contribution in [0.1, 0.15) is 38.7 Å². The fourth-order valence-electron chi connectivity index (χ4n) is 1.82. The Morgan fingerprint density at radius 3 is 2.60 bits per heavy atom. The lowest BCUT2D eigenvalue weighted by Gasteiger charge is -2.20. The van der Waals surface area contributed by atoms with Crippen molar-refractivity contribution in [2.75, 3.05) is 11.1 Å². The molecule has 1 unspecified atom stereocenters. The minimum absolute atomic E-state index is 0.540. The van der Waals surface area contributed by atoms with Crippen molar-refractivity contribution in [3.8, 4) is 0 Å². The predicted octanol–water partition coefficient (Wildman–Crippen LogP) is 3.57. The summed E-state index contributed by atoms with van der Waals surface area (Å²) < 4.78 is 0. The van der Waals surface area contributed by atoms with Gasteiger partial charge in [0, 0.05) is 6.04 Å². The van der Waals surface area contributed by atoms with Gasteiger partial charge in [-0.3, -0.25) is 0 Å². The van der Waals surface area contributed by atoms with Crippen molar-refractivity contribution < 1.29 is 0 Å². The Morgan fingerprint density at radius 1 is 1.33 bits per heavy atom. The molecule has 0 aliphatic heterocycles. The molecule has 1 rings (SSSR count). The first-order valence-corrected chi connectivity index (χ1v) is 5.80. The molecule has 1 atom stereocenters. The van der Waals surface area contributed by atoms with Crippen molar-refractivity contribution in [2.24, 2.45) is 0 Å². The lowest BCUT2D eigenvalue weighted by Crippen LogP contribution is -2.19. The van der Waals surface area contributed by atoms with Crippen LogP contribution in [-0.4, -0.2) is 6.04 Å². The van der Waals surface area contributed by atoms with E-state index in [-0.39, 0.29) is 0 Å². The highest BCUT2D eigenvalue weighted by molar-refractivity contribution is 5.70. The maximum absolute atomic E-state index is 5.96. The Labute approximate surface area is 92.9 Å². The van der Waals surface area contributed by atoms with Gasteiger partial charge in [0.1, 0.15) is 0 Å². The zero-order valence-corrected chi connectivity index (χ0v) is 10.0. The SMILES string of the molecule is CCCC(CC)Nc1c(C)cccc1N. The van der Waals surface area contributed by atoms with Gasteiger partial charge in [-0.1, -0.05) is 32.4 Å². The highest BCUT2D eigenvalue weighted by Crippen LogP contribution is 2.24. The van der Waals surface area contributed by atoms with Crippen molar-refractivity contribution in [1.29, 1.82) is 0 Å². The summed E-state index contributed by atoms with van der Waals surface area (Å²) in [7, 11) is 0. The third kappa shape index (κ3) is 3.15. The van der Waals surface area contributed by atoms with Crippen molar-refractivity contribution in [2.45, 2.75) is 46.1 Å². The van der Waals surface area contributed by atoms with E-state index in [4.69, 9.17) is 5.73 Å². The zero-order valence-electron chi connectivity index (χ0n) is 10.0. The number of nitrogen functional groups attached to an aromatic ring is 1. The zero-order chi connectivity index (χ0) is 11.3.